The lowest BCUT2D eigenvalue weighted by Gasteiger charge is -2.36. The number of rotatable bonds is 7. The molecule has 0 unspecified atom stereocenters. The molecule has 0 aromatic heterocycles. The molecule has 2 aliphatic carbocycles. The van der Waals surface area contributed by atoms with E-state index in [1.54, 1.807) is 24.3 Å². The van der Waals surface area contributed by atoms with Gasteiger partial charge in [0.1, 0.15) is 11.1 Å². The van der Waals surface area contributed by atoms with Crippen LogP contribution in [-0.4, -0.2) is 69.6 Å². The summed E-state index contributed by atoms with van der Waals surface area (Å²) in [7, 11) is 0. The van der Waals surface area contributed by atoms with Crippen LogP contribution >= 0.6 is 46.4 Å². The minimum atomic E-state index is -0.951. The molecule has 0 amide bonds. The molecule has 2 aliphatic heterocycles. The first-order valence-electron chi connectivity index (χ1n) is 18.1. The van der Waals surface area contributed by atoms with Crippen molar-refractivity contribution in [1.82, 2.24) is 0 Å². The van der Waals surface area contributed by atoms with Crippen molar-refractivity contribution in [2.45, 2.75) is 96.2 Å². The highest BCUT2D eigenvalue weighted by Crippen LogP contribution is 2.50. The number of benzene rings is 2. The molecular formula is C40H44Cl4O12. The van der Waals surface area contributed by atoms with Gasteiger partial charge >= 0.3 is 29.8 Å². The first-order chi connectivity index (χ1) is 26.5. The molecule has 0 bridgehead atoms. The van der Waals surface area contributed by atoms with Gasteiger partial charge in [-0.1, -0.05) is 58.5 Å². The highest BCUT2D eigenvalue weighted by Gasteiger charge is 2.53. The highest BCUT2D eigenvalue weighted by atomic mass is 35.5. The molecule has 6 rings (SSSR count). The first kappa shape index (κ1) is 45.1. The molecule has 304 valence electrons. The average molecular weight is 859 g/mol. The molecule has 4 aliphatic rings. The summed E-state index contributed by atoms with van der Waals surface area (Å²) in [5, 5.41) is 30.4. The van der Waals surface area contributed by atoms with E-state index in [1.165, 1.54) is 32.9 Å². The van der Waals surface area contributed by atoms with Crippen molar-refractivity contribution in [3.8, 4) is 0 Å². The fourth-order valence-corrected chi connectivity index (χ4v) is 8.45. The largest absolute Gasteiger partial charge is 0.507 e. The van der Waals surface area contributed by atoms with Gasteiger partial charge in [-0.15, -0.1) is 0 Å². The first-order valence-corrected chi connectivity index (χ1v) is 19.6. The molecule has 2 fully saturated rings. The van der Waals surface area contributed by atoms with E-state index in [-0.39, 0.29) is 35.9 Å². The van der Waals surface area contributed by atoms with Gasteiger partial charge in [0.25, 0.3) is 0 Å². The van der Waals surface area contributed by atoms with Gasteiger partial charge in [-0.25, -0.2) is 9.59 Å². The Hall–Kier alpha value is -3.65. The van der Waals surface area contributed by atoms with E-state index in [0.29, 0.717) is 75.2 Å². The smallest absolute Gasteiger partial charge is 0.343 e. The quantitative estimate of drug-likeness (QED) is 0.138. The SMILES string of the molecule is CC(=O)OC(C)=O.CC(=O)OC1=C(c2ccc(Cl)cc2Cl)C(=O)OC12CCC(CCO)CC2.O=C1OC2(CCC(CCO)CC2)C(O)=C1c1ccc(Cl)cc1Cl. The van der Waals surface area contributed by atoms with E-state index in [1.807, 2.05) is 0 Å². The Bertz CT molecular complexity index is 1880. The fourth-order valence-electron chi connectivity index (χ4n) is 7.44. The Balaban J connectivity index is 0.000000214. The van der Waals surface area contributed by atoms with Crippen molar-refractivity contribution in [2.75, 3.05) is 13.2 Å². The second-order valence-corrected chi connectivity index (χ2v) is 15.7. The molecule has 16 heteroatoms. The third kappa shape index (κ3) is 10.8. The van der Waals surface area contributed by atoms with E-state index in [4.69, 9.17) is 70.8 Å². The third-order valence-corrected chi connectivity index (χ3v) is 11.2. The Morgan fingerprint density at radius 3 is 1.48 bits per heavy atom. The summed E-state index contributed by atoms with van der Waals surface area (Å²) in [5.41, 5.74) is -0.705. The van der Waals surface area contributed by atoms with Crippen LogP contribution in [0.15, 0.2) is 47.9 Å². The average Bonchev–Trinajstić information content (AvgIpc) is 3.50. The maximum atomic E-state index is 12.7. The number of hydrogen-bond donors (Lipinski definition) is 3. The summed E-state index contributed by atoms with van der Waals surface area (Å²) >= 11 is 24.3. The summed E-state index contributed by atoms with van der Waals surface area (Å²) in [6.07, 6.45) is 6.83. The second kappa shape index (κ2) is 19.7. The van der Waals surface area contributed by atoms with Crippen LogP contribution in [-0.2, 0) is 42.9 Å². The summed E-state index contributed by atoms with van der Waals surface area (Å²) in [6, 6.07) is 9.56. The number of hydrogen-bond acceptors (Lipinski definition) is 12. The summed E-state index contributed by atoms with van der Waals surface area (Å²) in [5.74, 6) is -1.77. The number of carbonyl (C=O) groups excluding carboxylic acids is 5. The lowest BCUT2D eigenvalue weighted by atomic mass is 9.76. The monoisotopic (exact) mass is 856 g/mol. The van der Waals surface area contributed by atoms with Gasteiger partial charge in [-0.3, -0.25) is 14.4 Å². The van der Waals surface area contributed by atoms with Crippen LogP contribution in [0.1, 0.15) is 96.1 Å². The van der Waals surface area contributed by atoms with Crippen molar-refractivity contribution < 1.29 is 58.2 Å². The molecule has 2 spiro atoms. The van der Waals surface area contributed by atoms with Crippen molar-refractivity contribution in [3.63, 3.8) is 0 Å². The molecule has 0 atom stereocenters. The van der Waals surface area contributed by atoms with E-state index < -0.39 is 41.0 Å². The zero-order chi connectivity index (χ0) is 41.4. The van der Waals surface area contributed by atoms with Crippen molar-refractivity contribution >= 4 is 87.4 Å². The number of halogens is 4. The fraction of sp³-hybridized carbons (Fsp3) is 0.475. The maximum Gasteiger partial charge on any atom is 0.343 e. The van der Waals surface area contributed by atoms with Gasteiger partial charge in [0.15, 0.2) is 22.7 Å². The molecule has 2 aromatic carbocycles. The Labute approximate surface area is 344 Å². The molecular weight excluding hydrogens is 814 g/mol. The molecule has 56 heavy (non-hydrogen) atoms. The zero-order valence-corrected chi connectivity index (χ0v) is 34.2. The van der Waals surface area contributed by atoms with Gasteiger partial charge in [0.05, 0.1) is 10.0 Å². The maximum absolute atomic E-state index is 12.7. The van der Waals surface area contributed by atoms with Crippen molar-refractivity contribution in [1.29, 1.82) is 0 Å². The van der Waals surface area contributed by atoms with Crippen LogP contribution in [0.5, 0.6) is 0 Å². The Kier molecular flexibility index (Phi) is 15.8. The molecule has 2 heterocycles. The van der Waals surface area contributed by atoms with Crippen molar-refractivity contribution in [2.24, 2.45) is 11.8 Å². The molecule has 2 saturated carbocycles. The number of ether oxygens (including phenoxy) is 4. The van der Waals surface area contributed by atoms with Crippen LogP contribution in [0, 0.1) is 11.8 Å². The van der Waals surface area contributed by atoms with Gasteiger partial charge < -0.3 is 34.3 Å². The summed E-state index contributed by atoms with van der Waals surface area (Å²) < 4.78 is 20.7. The van der Waals surface area contributed by atoms with Gasteiger partial charge in [-0.05, 0) is 100 Å². The number of esters is 5. The Morgan fingerprint density at radius 1 is 0.679 bits per heavy atom. The molecule has 0 radical (unpaired) electrons. The van der Waals surface area contributed by atoms with Crippen LogP contribution in [0.25, 0.3) is 11.1 Å². The van der Waals surface area contributed by atoms with Crippen LogP contribution in [0.3, 0.4) is 0 Å². The molecule has 12 nitrogen and oxygen atoms in total. The number of aliphatic hydroxyl groups is 3. The van der Waals surface area contributed by atoms with Crippen molar-refractivity contribution in [3.05, 3.63) is 79.1 Å². The van der Waals surface area contributed by atoms with Gasteiger partial charge in [0, 0.05) is 55.2 Å². The van der Waals surface area contributed by atoms with Crippen LogP contribution in [0.2, 0.25) is 20.1 Å². The lowest BCUT2D eigenvalue weighted by Crippen LogP contribution is -2.38. The number of carbonyl (C=O) groups is 5. The normalized spacial score (nSPS) is 24.2. The molecule has 3 N–H and O–H groups in total. The topological polar surface area (TPSA) is 183 Å². The standard InChI is InChI=1S/C19H20Cl2O5.C17H18Cl2O4.C4H6O3/c1-11(23)25-17-16(14-3-2-13(20)10-15(14)21)18(24)26-19(17)7-4-12(5-8-19)6-9-22;18-11-1-2-12(13(19)9-11)14-15(21)17(23-16(14)22)6-3-10(4-7-17)5-8-20;1-3(5)7-4(2)6/h2-3,10,12,22H,4-9H2,1H3;1-2,9-10,20-21H,3-8H2;1-2H3. The second-order valence-electron chi connectivity index (χ2n) is 14.0. The van der Waals surface area contributed by atoms with Crippen LogP contribution < -0.4 is 0 Å². The lowest BCUT2D eigenvalue weighted by molar-refractivity contribution is -0.156. The number of aliphatic hydroxyl groups excluding tert-OH is 3. The highest BCUT2D eigenvalue weighted by molar-refractivity contribution is 6.38. The van der Waals surface area contributed by atoms with Crippen LogP contribution in [0.4, 0.5) is 0 Å². The third-order valence-electron chi connectivity index (χ3n) is 10.1. The summed E-state index contributed by atoms with van der Waals surface area (Å²) in [6.45, 7) is 3.95. The van der Waals surface area contributed by atoms with E-state index in [0.717, 1.165) is 32.1 Å². The van der Waals surface area contributed by atoms with E-state index >= 15 is 0 Å². The minimum absolute atomic E-state index is 0.0332. The predicted octanol–water partition coefficient (Wildman–Crippen LogP) is 8.36. The Morgan fingerprint density at radius 2 is 1.09 bits per heavy atom. The predicted molar refractivity (Wildman–Crippen MR) is 209 cm³/mol. The minimum Gasteiger partial charge on any atom is -0.507 e. The zero-order valence-electron chi connectivity index (χ0n) is 31.1. The molecule has 2 aromatic rings. The van der Waals surface area contributed by atoms with Gasteiger partial charge in [0.2, 0.25) is 0 Å². The van der Waals surface area contributed by atoms with E-state index in [9.17, 15) is 29.1 Å². The summed E-state index contributed by atoms with van der Waals surface area (Å²) in [4.78, 5) is 56.3. The van der Waals surface area contributed by atoms with E-state index in [2.05, 4.69) is 4.74 Å². The van der Waals surface area contributed by atoms with Gasteiger partial charge in [-0.2, -0.15) is 0 Å². The molecule has 0 saturated heterocycles.